The molecule has 1 fully saturated rings. The van der Waals surface area contributed by atoms with Crippen molar-refractivity contribution in [1.29, 1.82) is 0 Å². The van der Waals surface area contributed by atoms with E-state index >= 15 is 0 Å². The Morgan fingerprint density at radius 2 is 2.26 bits per heavy atom. The second kappa shape index (κ2) is 7.07. The molecule has 8 heteroatoms. The highest BCUT2D eigenvalue weighted by Crippen LogP contribution is 2.20. The Kier molecular flexibility index (Phi) is 4.68. The lowest BCUT2D eigenvalue weighted by Gasteiger charge is -2.19. The summed E-state index contributed by atoms with van der Waals surface area (Å²) >= 11 is 0. The molecule has 0 spiro atoms. The van der Waals surface area contributed by atoms with E-state index in [-0.39, 0.29) is 24.5 Å². The molecule has 8 nitrogen and oxygen atoms in total. The average Bonchev–Trinajstić information content (AvgIpc) is 3.26. The zero-order chi connectivity index (χ0) is 16.1. The summed E-state index contributed by atoms with van der Waals surface area (Å²) in [6, 6.07) is 1.82. The normalized spacial score (nSPS) is 20.9. The van der Waals surface area contributed by atoms with Gasteiger partial charge in [-0.05, 0) is 13.0 Å². The second-order valence-corrected chi connectivity index (χ2v) is 5.45. The summed E-state index contributed by atoms with van der Waals surface area (Å²) in [5, 5.41) is 15.1. The van der Waals surface area contributed by atoms with Crippen molar-refractivity contribution in [1.82, 2.24) is 35.0 Å². The molecule has 1 aliphatic rings. The molecule has 2 aromatic heterocycles. The fraction of sp³-hybridized carbons (Fsp3) is 0.467. The number of amides is 1. The molecule has 3 rings (SSSR count). The Bertz CT molecular complexity index is 683. The summed E-state index contributed by atoms with van der Waals surface area (Å²) in [5.41, 5.74) is 0. The van der Waals surface area contributed by atoms with Crippen molar-refractivity contribution in [3.63, 3.8) is 0 Å². The van der Waals surface area contributed by atoms with E-state index in [0.717, 1.165) is 13.1 Å². The van der Waals surface area contributed by atoms with Crippen LogP contribution in [0.5, 0.6) is 0 Å². The van der Waals surface area contributed by atoms with Gasteiger partial charge in [-0.25, -0.2) is 4.68 Å². The van der Waals surface area contributed by atoms with Gasteiger partial charge in [-0.15, -0.1) is 11.0 Å². The predicted molar refractivity (Wildman–Crippen MR) is 83.1 cm³/mol. The minimum atomic E-state index is -0.0627. The Hall–Kier alpha value is -2.66. The van der Waals surface area contributed by atoms with Gasteiger partial charge in [0.1, 0.15) is 6.54 Å². The number of carbonyl (C=O) groups excluding carboxylic acids is 1. The summed E-state index contributed by atoms with van der Waals surface area (Å²) in [6.07, 6.45) is 6.90. The van der Waals surface area contributed by atoms with Crippen molar-refractivity contribution >= 4 is 5.91 Å². The summed E-state index contributed by atoms with van der Waals surface area (Å²) < 4.78 is 3.41. The van der Waals surface area contributed by atoms with Crippen molar-refractivity contribution < 1.29 is 4.79 Å². The van der Waals surface area contributed by atoms with E-state index in [9.17, 15) is 4.79 Å². The summed E-state index contributed by atoms with van der Waals surface area (Å²) in [6.45, 7) is 4.25. The van der Waals surface area contributed by atoms with Crippen molar-refractivity contribution in [3.8, 4) is 11.8 Å². The number of nitrogens with one attached hydrogen (secondary N) is 1. The van der Waals surface area contributed by atoms with Gasteiger partial charge in [-0.1, -0.05) is 11.1 Å². The maximum Gasteiger partial charge on any atom is 0.242 e. The quantitative estimate of drug-likeness (QED) is 0.756. The number of carbonyl (C=O) groups is 1. The molecule has 120 valence electrons. The van der Waals surface area contributed by atoms with Crippen LogP contribution >= 0.6 is 0 Å². The monoisotopic (exact) mass is 313 g/mol. The first-order valence-electron chi connectivity index (χ1n) is 7.51. The average molecular weight is 313 g/mol. The molecule has 1 aliphatic heterocycles. The third-order valence-corrected chi connectivity index (χ3v) is 3.84. The molecule has 0 unspecified atom stereocenters. The van der Waals surface area contributed by atoms with Gasteiger partial charge in [-0.3, -0.25) is 14.4 Å². The SMILES string of the molecule is CC#CCN1C[C@@H](NC(=O)Cn2cccn2)[C@@H](n2ccnn2)C1. The number of aromatic nitrogens is 5. The third kappa shape index (κ3) is 3.76. The predicted octanol–water partition coefficient (Wildman–Crippen LogP) is -0.460. The largest absolute Gasteiger partial charge is 0.348 e. The fourth-order valence-corrected chi connectivity index (χ4v) is 2.78. The van der Waals surface area contributed by atoms with Crippen LogP contribution in [0.25, 0.3) is 0 Å². The molecular weight excluding hydrogens is 294 g/mol. The van der Waals surface area contributed by atoms with Gasteiger partial charge in [-0.2, -0.15) is 5.10 Å². The molecule has 23 heavy (non-hydrogen) atoms. The van der Waals surface area contributed by atoms with Gasteiger partial charge in [0.2, 0.25) is 5.91 Å². The first-order chi connectivity index (χ1) is 11.3. The van der Waals surface area contributed by atoms with Gasteiger partial charge < -0.3 is 5.32 Å². The van der Waals surface area contributed by atoms with Crippen LogP contribution in [0.3, 0.4) is 0 Å². The first kappa shape index (κ1) is 15.2. The minimum Gasteiger partial charge on any atom is -0.348 e. The Labute approximate surface area is 134 Å². The molecule has 0 aliphatic carbocycles. The first-order valence-corrected chi connectivity index (χ1v) is 7.51. The number of hydrogen-bond acceptors (Lipinski definition) is 5. The van der Waals surface area contributed by atoms with Crippen LogP contribution in [0.2, 0.25) is 0 Å². The smallest absolute Gasteiger partial charge is 0.242 e. The number of hydrogen-bond donors (Lipinski definition) is 1. The Morgan fingerprint density at radius 3 is 2.96 bits per heavy atom. The molecule has 3 heterocycles. The van der Waals surface area contributed by atoms with E-state index in [2.05, 4.69) is 37.5 Å². The zero-order valence-electron chi connectivity index (χ0n) is 13.0. The summed E-state index contributed by atoms with van der Waals surface area (Å²) in [4.78, 5) is 14.4. The highest BCUT2D eigenvalue weighted by molar-refractivity contribution is 5.76. The highest BCUT2D eigenvalue weighted by atomic mass is 16.2. The van der Waals surface area contributed by atoms with Crippen LogP contribution in [-0.4, -0.2) is 61.3 Å². The third-order valence-electron chi connectivity index (χ3n) is 3.84. The second-order valence-electron chi connectivity index (χ2n) is 5.45. The molecule has 0 saturated carbocycles. The molecule has 0 aromatic carbocycles. The minimum absolute atomic E-state index is 0.0292. The van der Waals surface area contributed by atoms with E-state index in [0.29, 0.717) is 6.54 Å². The van der Waals surface area contributed by atoms with Crippen LogP contribution in [-0.2, 0) is 11.3 Å². The molecule has 1 saturated heterocycles. The lowest BCUT2D eigenvalue weighted by atomic mass is 10.2. The van der Waals surface area contributed by atoms with Crippen molar-refractivity contribution in [2.75, 3.05) is 19.6 Å². The maximum atomic E-state index is 12.2. The number of nitrogens with zero attached hydrogens (tertiary/aromatic N) is 6. The highest BCUT2D eigenvalue weighted by Gasteiger charge is 2.35. The van der Waals surface area contributed by atoms with Gasteiger partial charge >= 0.3 is 0 Å². The fourth-order valence-electron chi connectivity index (χ4n) is 2.78. The van der Waals surface area contributed by atoms with Gasteiger partial charge in [0, 0.05) is 31.7 Å². The lowest BCUT2D eigenvalue weighted by Crippen LogP contribution is -2.43. The van der Waals surface area contributed by atoms with Crippen molar-refractivity contribution in [2.24, 2.45) is 0 Å². The number of likely N-dealkylation sites (tertiary alicyclic amines) is 1. The standard InChI is InChI=1S/C15H19N7O/c1-2-3-7-20-10-13(14(11-20)22-9-6-16-19-22)18-15(23)12-21-8-4-5-17-21/h4-6,8-9,13-14H,7,10-12H2,1H3,(H,18,23)/t13-,14+/m1/s1. The summed E-state index contributed by atoms with van der Waals surface area (Å²) in [7, 11) is 0. The van der Waals surface area contributed by atoms with Crippen molar-refractivity contribution in [3.05, 3.63) is 30.9 Å². The van der Waals surface area contributed by atoms with Gasteiger partial charge in [0.05, 0.1) is 24.8 Å². The van der Waals surface area contributed by atoms with E-state index < -0.39 is 0 Å². The molecule has 2 aromatic rings. The molecule has 0 bridgehead atoms. The Morgan fingerprint density at radius 1 is 1.35 bits per heavy atom. The van der Waals surface area contributed by atoms with Crippen LogP contribution in [0, 0.1) is 11.8 Å². The van der Waals surface area contributed by atoms with Crippen LogP contribution < -0.4 is 5.32 Å². The molecule has 0 radical (unpaired) electrons. The van der Waals surface area contributed by atoms with Gasteiger partial charge in [0.25, 0.3) is 0 Å². The van der Waals surface area contributed by atoms with E-state index in [4.69, 9.17) is 0 Å². The number of rotatable bonds is 5. The molecule has 1 N–H and O–H groups in total. The van der Waals surface area contributed by atoms with Gasteiger partial charge in [0.15, 0.2) is 0 Å². The van der Waals surface area contributed by atoms with Crippen molar-refractivity contribution in [2.45, 2.75) is 25.6 Å². The molecule has 2 atom stereocenters. The maximum absolute atomic E-state index is 12.2. The lowest BCUT2D eigenvalue weighted by molar-refractivity contribution is -0.122. The summed E-state index contributed by atoms with van der Waals surface area (Å²) in [5.74, 6) is 5.91. The molecule has 1 amide bonds. The van der Waals surface area contributed by atoms with E-state index in [1.54, 1.807) is 34.0 Å². The van der Waals surface area contributed by atoms with E-state index in [1.807, 2.05) is 13.1 Å². The van der Waals surface area contributed by atoms with Crippen LogP contribution in [0.15, 0.2) is 30.9 Å². The van der Waals surface area contributed by atoms with Crippen LogP contribution in [0.1, 0.15) is 13.0 Å². The topological polar surface area (TPSA) is 80.9 Å². The van der Waals surface area contributed by atoms with Crippen LogP contribution in [0.4, 0.5) is 0 Å². The Balaban J connectivity index is 1.66. The molecular formula is C15H19N7O. The zero-order valence-corrected chi connectivity index (χ0v) is 13.0. The van der Waals surface area contributed by atoms with E-state index in [1.165, 1.54) is 0 Å².